The minimum absolute atomic E-state index is 0.101. The summed E-state index contributed by atoms with van der Waals surface area (Å²) in [6, 6.07) is 0. The molecule has 112 valence electrons. The van der Waals surface area contributed by atoms with E-state index in [2.05, 4.69) is 25.7 Å². The molecule has 9 heteroatoms. The van der Waals surface area contributed by atoms with Gasteiger partial charge in [0, 0.05) is 20.7 Å². The molecule has 0 spiro atoms. The molecule has 0 fully saturated rings. The number of alkyl halides is 4. The van der Waals surface area contributed by atoms with Gasteiger partial charge in [-0.3, -0.25) is 9.78 Å². The first kappa shape index (κ1) is 17.5. The van der Waals surface area contributed by atoms with Crippen LogP contribution in [0.25, 0.3) is 0 Å². The Kier molecular flexibility index (Phi) is 6.49. The van der Waals surface area contributed by atoms with Crippen molar-refractivity contribution in [1.29, 1.82) is 0 Å². The van der Waals surface area contributed by atoms with Gasteiger partial charge in [0.05, 0.1) is 18.7 Å². The first-order valence-corrected chi connectivity index (χ1v) is 7.62. The van der Waals surface area contributed by atoms with Gasteiger partial charge in [-0.1, -0.05) is 15.9 Å². The van der Waals surface area contributed by atoms with E-state index in [1.54, 1.807) is 6.92 Å². The molecule has 4 nitrogen and oxygen atoms in total. The molecule has 0 bridgehead atoms. The summed E-state index contributed by atoms with van der Waals surface area (Å²) in [4.78, 5) is 15.2. The Morgan fingerprint density at radius 2 is 2.15 bits per heavy atom. The van der Waals surface area contributed by atoms with Gasteiger partial charge in [0.15, 0.2) is 5.75 Å². The van der Waals surface area contributed by atoms with Crippen LogP contribution in [0.15, 0.2) is 6.20 Å². The highest BCUT2D eigenvalue weighted by Gasteiger charge is 2.34. The molecule has 0 unspecified atom stereocenters. The molecule has 0 aliphatic rings. The molecule has 0 aliphatic heterocycles. The lowest BCUT2D eigenvalue weighted by Gasteiger charge is -2.16. The van der Waals surface area contributed by atoms with Crippen LogP contribution in [0.3, 0.4) is 0 Å². The van der Waals surface area contributed by atoms with Gasteiger partial charge in [-0.15, -0.1) is 13.2 Å². The van der Waals surface area contributed by atoms with E-state index in [-0.39, 0.29) is 29.6 Å². The Morgan fingerprint density at radius 3 is 2.65 bits per heavy atom. The van der Waals surface area contributed by atoms with Crippen LogP contribution in [-0.4, -0.2) is 23.9 Å². The minimum atomic E-state index is -4.85. The second kappa shape index (κ2) is 7.43. The van der Waals surface area contributed by atoms with Gasteiger partial charge >= 0.3 is 12.3 Å². The molecule has 1 aromatic rings. The van der Waals surface area contributed by atoms with Crippen LogP contribution < -0.4 is 4.74 Å². The first-order valence-electron chi connectivity index (χ1n) is 5.42. The summed E-state index contributed by atoms with van der Waals surface area (Å²) in [6.45, 7) is 1.75. The van der Waals surface area contributed by atoms with Gasteiger partial charge in [0.2, 0.25) is 0 Å². The van der Waals surface area contributed by atoms with E-state index < -0.39 is 18.1 Å². The lowest BCUT2D eigenvalue weighted by molar-refractivity contribution is -0.275. The van der Waals surface area contributed by atoms with Crippen LogP contribution in [0.4, 0.5) is 13.2 Å². The van der Waals surface area contributed by atoms with E-state index in [1.807, 2.05) is 22.6 Å². The predicted molar refractivity (Wildman–Crippen MR) is 76.6 cm³/mol. The summed E-state index contributed by atoms with van der Waals surface area (Å²) in [5.41, 5.74) is 0.188. The van der Waals surface area contributed by atoms with E-state index in [4.69, 9.17) is 4.74 Å². The smallest absolute Gasteiger partial charge is 0.466 e. The third-order valence-corrected chi connectivity index (χ3v) is 3.62. The van der Waals surface area contributed by atoms with Crippen molar-refractivity contribution in [3.05, 3.63) is 21.0 Å². The number of ether oxygens (including phenoxy) is 2. The molecular weight excluding hydrogens is 458 g/mol. The second-order valence-electron chi connectivity index (χ2n) is 3.52. The van der Waals surface area contributed by atoms with E-state index in [9.17, 15) is 18.0 Å². The Hall–Kier alpha value is -0.580. The van der Waals surface area contributed by atoms with Gasteiger partial charge in [-0.2, -0.15) is 0 Å². The van der Waals surface area contributed by atoms with Crippen molar-refractivity contribution in [2.45, 2.75) is 25.0 Å². The van der Waals surface area contributed by atoms with Crippen molar-refractivity contribution in [2.75, 3.05) is 6.61 Å². The summed E-state index contributed by atoms with van der Waals surface area (Å²) in [7, 11) is 0. The Balaban J connectivity index is 3.18. The number of carbonyl (C=O) groups excluding carboxylic acids is 1. The molecule has 1 heterocycles. The molecule has 0 aliphatic carbocycles. The average Bonchev–Trinajstić information content (AvgIpc) is 2.31. The molecule has 0 atom stereocenters. The van der Waals surface area contributed by atoms with Crippen LogP contribution in [0.2, 0.25) is 0 Å². The molecule has 1 aromatic heterocycles. The minimum Gasteiger partial charge on any atom is -0.466 e. The summed E-state index contributed by atoms with van der Waals surface area (Å²) < 4.78 is 46.6. The SMILES string of the molecule is CCOC(=O)Cc1ncc(I)c(CBr)c1OC(F)(F)F. The maximum Gasteiger partial charge on any atom is 0.573 e. The molecule has 0 aromatic carbocycles. The fraction of sp³-hybridized carbons (Fsp3) is 0.455. The number of hydrogen-bond acceptors (Lipinski definition) is 4. The van der Waals surface area contributed by atoms with E-state index in [0.717, 1.165) is 0 Å². The molecule has 0 saturated heterocycles. The van der Waals surface area contributed by atoms with Crippen molar-refractivity contribution in [1.82, 2.24) is 4.98 Å². The van der Waals surface area contributed by atoms with Gasteiger partial charge in [-0.25, -0.2) is 0 Å². The Bertz CT molecular complexity index is 497. The third kappa shape index (κ3) is 5.08. The molecule has 1 rings (SSSR count). The highest BCUT2D eigenvalue weighted by atomic mass is 127. The quantitative estimate of drug-likeness (QED) is 0.377. The third-order valence-electron chi connectivity index (χ3n) is 2.13. The van der Waals surface area contributed by atoms with Crippen LogP contribution in [0, 0.1) is 3.57 Å². The number of esters is 1. The summed E-state index contributed by atoms with van der Waals surface area (Å²) in [6.07, 6.45) is -3.85. The van der Waals surface area contributed by atoms with Crippen LogP contribution in [-0.2, 0) is 21.3 Å². The maximum absolute atomic E-state index is 12.5. The van der Waals surface area contributed by atoms with Gasteiger partial charge in [-0.05, 0) is 29.5 Å². The number of pyridine rings is 1. The van der Waals surface area contributed by atoms with Crippen molar-refractivity contribution >= 4 is 44.5 Å². The molecule has 20 heavy (non-hydrogen) atoms. The zero-order chi connectivity index (χ0) is 15.3. The number of rotatable bonds is 5. The largest absolute Gasteiger partial charge is 0.573 e. The average molecular weight is 468 g/mol. The first-order chi connectivity index (χ1) is 9.28. The molecular formula is C11H10BrF3INO3. The zero-order valence-corrected chi connectivity index (χ0v) is 14.0. The van der Waals surface area contributed by atoms with Crippen molar-refractivity contribution in [2.24, 2.45) is 0 Å². The number of aromatic nitrogens is 1. The normalized spacial score (nSPS) is 11.3. The van der Waals surface area contributed by atoms with Crippen LogP contribution in [0.1, 0.15) is 18.2 Å². The highest BCUT2D eigenvalue weighted by molar-refractivity contribution is 14.1. The van der Waals surface area contributed by atoms with E-state index >= 15 is 0 Å². The lowest BCUT2D eigenvalue weighted by Crippen LogP contribution is -2.21. The van der Waals surface area contributed by atoms with Crippen LogP contribution >= 0.6 is 38.5 Å². The fourth-order valence-electron chi connectivity index (χ4n) is 1.39. The molecule has 0 N–H and O–H groups in total. The highest BCUT2D eigenvalue weighted by Crippen LogP contribution is 2.33. The number of hydrogen-bond donors (Lipinski definition) is 0. The summed E-state index contributed by atoms with van der Waals surface area (Å²) in [5, 5.41) is 0.148. The topological polar surface area (TPSA) is 48.4 Å². The van der Waals surface area contributed by atoms with Gasteiger partial charge in [0.1, 0.15) is 0 Å². The summed E-state index contributed by atoms with van der Waals surface area (Å²) >= 11 is 4.95. The molecule has 0 saturated carbocycles. The monoisotopic (exact) mass is 467 g/mol. The van der Waals surface area contributed by atoms with E-state index in [0.29, 0.717) is 3.57 Å². The molecule has 0 radical (unpaired) electrons. The summed E-state index contributed by atoms with van der Waals surface area (Å²) in [5.74, 6) is -1.11. The predicted octanol–water partition coefficient (Wildman–Crippen LogP) is 3.59. The van der Waals surface area contributed by atoms with Gasteiger partial charge < -0.3 is 9.47 Å². The van der Waals surface area contributed by atoms with E-state index in [1.165, 1.54) is 6.20 Å². The lowest BCUT2D eigenvalue weighted by atomic mass is 10.2. The zero-order valence-electron chi connectivity index (χ0n) is 10.3. The van der Waals surface area contributed by atoms with Crippen molar-refractivity contribution in [3.63, 3.8) is 0 Å². The van der Waals surface area contributed by atoms with Crippen molar-refractivity contribution in [3.8, 4) is 5.75 Å². The molecule has 0 amide bonds. The number of halogens is 5. The van der Waals surface area contributed by atoms with Crippen molar-refractivity contribution < 1.29 is 27.4 Å². The standard InChI is InChI=1S/C11H10BrF3INO3/c1-2-19-9(18)3-8-10(20-11(13,14)15)6(4-12)7(16)5-17-8/h5H,2-4H2,1H3. The fourth-order valence-corrected chi connectivity index (χ4v) is 3.04. The Morgan fingerprint density at radius 1 is 1.50 bits per heavy atom. The van der Waals surface area contributed by atoms with Gasteiger partial charge in [0.25, 0.3) is 0 Å². The Labute approximate surface area is 135 Å². The number of nitrogens with zero attached hydrogens (tertiary/aromatic N) is 1. The second-order valence-corrected chi connectivity index (χ2v) is 5.25. The maximum atomic E-state index is 12.5. The van der Waals surface area contributed by atoms with Crippen LogP contribution in [0.5, 0.6) is 5.75 Å². The number of carbonyl (C=O) groups is 1.